The first-order valence-corrected chi connectivity index (χ1v) is 7.46. The number of fused-ring (bicyclic) bond motifs is 1. The van der Waals surface area contributed by atoms with E-state index >= 15 is 0 Å². The Morgan fingerprint density at radius 1 is 1.25 bits per heavy atom. The average molecular weight is 336 g/mol. The standard InChI is InChI=1S/C14H18BrN5/c1-19-4-6-20(7-5-19)18-14-11-8-10(15)2-3-13(11)17-9-12(14)16/h2-3,8-9H,4-7,16H2,1H3,(H,17,18). The maximum absolute atomic E-state index is 6.10. The Hall–Kier alpha value is -1.37. The van der Waals surface area contributed by atoms with E-state index in [1.54, 1.807) is 6.20 Å². The first kappa shape index (κ1) is 13.6. The molecule has 1 aromatic heterocycles. The predicted molar refractivity (Wildman–Crippen MR) is 86.5 cm³/mol. The summed E-state index contributed by atoms with van der Waals surface area (Å²) in [5.74, 6) is 0. The van der Waals surface area contributed by atoms with E-state index < -0.39 is 0 Å². The number of halogens is 1. The van der Waals surface area contributed by atoms with Gasteiger partial charge in [-0.05, 0) is 25.2 Å². The molecule has 0 amide bonds. The highest BCUT2D eigenvalue weighted by Gasteiger charge is 2.16. The largest absolute Gasteiger partial charge is 0.396 e. The number of piperazine rings is 1. The van der Waals surface area contributed by atoms with E-state index in [-0.39, 0.29) is 0 Å². The number of nitrogens with zero attached hydrogens (tertiary/aromatic N) is 3. The van der Waals surface area contributed by atoms with Crippen molar-refractivity contribution in [3.63, 3.8) is 0 Å². The Kier molecular flexibility index (Phi) is 3.78. The number of nitrogen functional groups attached to an aromatic ring is 1. The number of pyridine rings is 1. The molecular formula is C14H18BrN5. The molecule has 106 valence electrons. The number of rotatable bonds is 2. The van der Waals surface area contributed by atoms with Gasteiger partial charge in [0.15, 0.2) is 0 Å². The van der Waals surface area contributed by atoms with E-state index in [4.69, 9.17) is 5.73 Å². The van der Waals surface area contributed by atoms with Crippen LogP contribution in [0.5, 0.6) is 0 Å². The minimum absolute atomic E-state index is 0.675. The van der Waals surface area contributed by atoms with E-state index in [9.17, 15) is 0 Å². The summed E-state index contributed by atoms with van der Waals surface area (Å²) < 4.78 is 1.03. The van der Waals surface area contributed by atoms with Gasteiger partial charge in [0.1, 0.15) is 0 Å². The van der Waals surface area contributed by atoms with E-state index in [0.29, 0.717) is 5.69 Å². The second kappa shape index (κ2) is 5.55. The third kappa shape index (κ3) is 2.72. The van der Waals surface area contributed by atoms with Crippen LogP contribution in [0, 0.1) is 0 Å². The number of aromatic nitrogens is 1. The lowest BCUT2D eigenvalue weighted by Gasteiger charge is -2.33. The summed E-state index contributed by atoms with van der Waals surface area (Å²) in [4.78, 5) is 6.70. The van der Waals surface area contributed by atoms with Gasteiger partial charge in [-0.15, -0.1) is 0 Å². The third-order valence-corrected chi connectivity index (χ3v) is 4.13. The van der Waals surface area contributed by atoms with Crippen LogP contribution in [0.4, 0.5) is 11.4 Å². The highest BCUT2D eigenvalue weighted by molar-refractivity contribution is 9.10. The zero-order valence-electron chi connectivity index (χ0n) is 11.4. The Morgan fingerprint density at radius 3 is 2.75 bits per heavy atom. The monoisotopic (exact) mass is 335 g/mol. The Labute approximate surface area is 126 Å². The van der Waals surface area contributed by atoms with E-state index in [1.807, 2.05) is 12.1 Å². The molecule has 0 bridgehead atoms. The Morgan fingerprint density at radius 2 is 2.00 bits per heavy atom. The maximum Gasteiger partial charge on any atom is 0.0831 e. The fourth-order valence-electron chi connectivity index (χ4n) is 2.38. The summed E-state index contributed by atoms with van der Waals surface area (Å²) in [6.07, 6.45) is 1.72. The van der Waals surface area contributed by atoms with Gasteiger partial charge in [0.05, 0.1) is 23.1 Å². The van der Waals surface area contributed by atoms with Gasteiger partial charge in [-0.2, -0.15) is 0 Å². The zero-order chi connectivity index (χ0) is 14.1. The molecule has 1 fully saturated rings. The fourth-order valence-corrected chi connectivity index (χ4v) is 2.74. The highest BCUT2D eigenvalue weighted by Crippen LogP contribution is 2.30. The number of likely N-dealkylation sites (N-methyl/N-ethyl adjacent to an activating group) is 1. The molecule has 1 aliphatic rings. The normalized spacial score (nSPS) is 17.5. The first-order chi connectivity index (χ1) is 9.63. The maximum atomic E-state index is 6.10. The van der Waals surface area contributed by atoms with Crippen LogP contribution in [-0.2, 0) is 0 Å². The minimum atomic E-state index is 0.675. The van der Waals surface area contributed by atoms with Crippen LogP contribution < -0.4 is 11.2 Å². The SMILES string of the molecule is CN1CCN(Nc2c(N)cnc3ccc(Br)cc23)CC1. The van der Waals surface area contributed by atoms with Gasteiger partial charge in [-0.1, -0.05) is 15.9 Å². The fraction of sp³-hybridized carbons (Fsp3) is 0.357. The van der Waals surface area contributed by atoms with Crippen molar-refractivity contribution >= 4 is 38.2 Å². The zero-order valence-corrected chi connectivity index (χ0v) is 13.0. The van der Waals surface area contributed by atoms with Gasteiger partial charge in [0, 0.05) is 36.0 Å². The quantitative estimate of drug-likeness (QED) is 0.880. The van der Waals surface area contributed by atoms with Crippen LogP contribution in [0.3, 0.4) is 0 Å². The first-order valence-electron chi connectivity index (χ1n) is 6.67. The van der Waals surface area contributed by atoms with Crippen molar-refractivity contribution in [3.8, 4) is 0 Å². The molecule has 1 aliphatic heterocycles. The van der Waals surface area contributed by atoms with Crippen molar-refractivity contribution < 1.29 is 0 Å². The molecule has 0 atom stereocenters. The van der Waals surface area contributed by atoms with Gasteiger partial charge in [0.25, 0.3) is 0 Å². The molecule has 5 nitrogen and oxygen atoms in total. The lowest BCUT2D eigenvalue weighted by molar-refractivity contribution is 0.179. The van der Waals surface area contributed by atoms with Crippen LogP contribution >= 0.6 is 15.9 Å². The molecule has 2 aromatic rings. The lowest BCUT2D eigenvalue weighted by Crippen LogP contribution is -2.47. The molecule has 3 rings (SSSR count). The van der Waals surface area contributed by atoms with Crippen molar-refractivity contribution in [1.29, 1.82) is 0 Å². The number of hydrazine groups is 1. The number of hydrogen-bond acceptors (Lipinski definition) is 5. The minimum Gasteiger partial charge on any atom is -0.396 e. The molecule has 1 aromatic carbocycles. The molecule has 2 heterocycles. The molecule has 6 heteroatoms. The number of anilines is 2. The van der Waals surface area contributed by atoms with Crippen molar-refractivity contribution in [3.05, 3.63) is 28.9 Å². The Balaban J connectivity index is 1.93. The molecule has 0 aliphatic carbocycles. The molecule has 1 saturated heterocycles. The van der Waals surface area contributed by atoms with Crippen LogP contribution in [-0.4, -0.2) is 48.1 Å². The Bertz CT molecular complexity index is 617. The van der Waals surface area contributed by atoms with Crippen molar-refractivity contribution in [2.45, 2.75) is 0 Å². The molecule has 0 spiro atoms. The van der Waals surface area contributed by atoms with Gasteiger partial charge < -0.3 is 16.1 Å². The smallest absolute Gasteiger partial charge is 0.0831 e. The third-order valence-electron chi connectivity index (χ3n) is 3.63. The molecule has 0 unspecified atom stereocenters. The van der Waals surface area contributed by atoms with E-state index in [1.165, 1.54) is 0 Å². The summed E-state index contributed by atoms with van der Waals surface area (Å²) in [6, 6.07) is 6.04. The van der Waals surface area contributed by atoms with Crippen molar-refractivity contribution in [2.24, 2.45) is 0 Å². The van der Waals surface area contributed by atoms with Crippen LogP contribution in [0.1, 0.15) is 0 Å². The summed E-state index contributed by atoms with van der Waals surface area (Å²) in [5, 5.41) is 3.25. The van der Waals surface area contributed by atoms with Crippen molar-refractivity contribution in [2.75, 3.05) is 44.4 Å². The van der Waals surface area contributed by atoms with E-state index in [2.05, 4.69) is 49.4 Å². The number of nitrogens with one attached hydrogen (secondary N) is 1. The summed E-state index contributed by atoms with van der Waals surface area (Å²) >= 11 is 3.51. The van der Waals surface area contributed by atoms with Gasteiger partial charge in [-0.25, -0.2) is 5.01 Å². The molecule has 0 saturated carbocycles. The number of nitrogens with two attached hydrogens (primary N) is 1. The topological polar surface area (TPSA) is 57.4 Å². The molecule has 0 radical (unpaired) electrons. The second-order valence-electron chi connectivity index (χ2n) is 5.15. The van der Waals surface area contributed by atoms with Crippen LogP contribution in [0.15, 0.2) is 28.9 Å². The predicted octanol–water partition coefficient (Wildman–Crippen LogP) is 2.15. The molecular weight excluding hydrogens is 318 g/mol. The summed E-state index contributed by atoms with van der Waals surface area (Å²) in [7, 11) is 2.14. The van der Waals surface area contributed by atoms with Gasteiger partial charge in [-0.3, -0.25) is 4.98 Å². The van der Waals surface area contributed by atoms with Crippen LogP contribution in [0.2, 0.25) is 0 Å². The average Bonchev–Trinajstić information content (AvgIpc) is 2.44. The van der Waals surface area contributed by atoms with Crippen molar-refractivity contribution in [1.82, 2.24) is 14.9 Å². The molecule has 20 heavy (non-hydrogen) atoms. The molecule has 3 N–H and O–H groups in total. The highest BCUT2D eigenvalue weighted by atomic mass is 79.9. The van der Waals surface area contributed by atoms with Crippen LogP contribution in [0.25, 0.3) is 10.9 Å². The second-order valence-corrected chi connectivity index (χ2v) is 6.07. The summed E-state index contributed by atoms with van der Waals surface area (Å²) in [6.45, 7) is 4.07. The summed E-state index contributed by atoms with van der Waals surface area (Å²) in [5.41, 5.74) is 12.1. The van der Waals surface area contributed by atoms with Gasteiger partial charge in [0.2, 0.25) is 0 Å². The lowest BCUT2D eigenvalue weighted by atomic mass is 10.1. The number of benzene rings is 1. The van der Waals surface area contributed by atoms with E-state index in [0.717, 1.165) is 47.2 Å². The van der Waals surface area contributed by atoms with Gasteiger partial charge >= 0.3 is 0 Å². The number of hydrogen-bond donors (Lipinski definition) is 2.